The highest BCUT2D eigenvalue weighted by Gasteiger charge is 2.32. The van der Waals surface area contributed by atoms with Crippen molar-refractivity contribution in [3.8, 4) is 0 Å². The molecule has 0 radical (unpaired) electrons. The van der Waals surface area contributed by atoms with Gasteiger partial charge in [0.05, 0.1) is 0 Å². The molecule has 0 N–H and O–H groups in total. The van der Waals surface area contributed by atoms with Gasteiger partial charge in [-0.05, 0) is 25.1 Å². The van der Waals surface area contributed by atoms with Crippen molar-refractivity contribution in [2.24, 2.45) is 5.10 Å². The highest BCUT2D eigenvalue weighted by molar-refractivity contribution is 9.10. The Hall–Kier alpha value is -2.14. The normalized spacial score (nSPS) is 17.1. The van der Waals surface area contributed by atoms with Gasteiger partial charge >= 0.3 is 0 Å². The molecule has 3 rings (SSSR count). The predicted octanol–water partition coefficient (Wildman–Crippen LogP) is 4.00. The van der Waals surface area contributed by atoms with Gasteiger partial charge in [-0.1, -0.05) is 51.8 Å². The second kappa shape index (κ2) is 5.93. The van der Waals surface area contributed by atoms with Crippen molar-refractivity contribution < 1.29 is 9.53 Å². The van der Waals surface area contributed by atoms with Crippen LogP contribution in [0.2, 0.25) is 0 Å². The van der Waals surface area contributed by atoms with Crippen LogP contribution >= 0.6 is 15.9 Å². The highest BCUT2D eigenvalue weighted by Crippen LogP contribution is 2.30. The first-order valence-electron chi connectivity index (χ1n) is 6.92. The topological polar surface area (TPSA) is 41.9 Å². The van der Waals surface area contributed by atoms with Crippen LogP contribution in [-0.2, 0) is 9.53 Å². The molecular weight excluding hydrogens is 344 g/mol. The van der Waals surface area contributed by atoms with Gasteiger partial charge in [0.25, 0.3) is 0 Å². The summed E-state index contributed by atoms with van der Waals surface area (Å²) in [6.07, 6.45) is -0.521. The molecule has 1 aliphatic rings. The number of carbonyl (C=O) groups excluding carboxylic acids is 1. The number of aryl methyl sites for hydroxylation is 1. The smallest absolute Gasteiger partial charge is 0.243 e. The minimum Gasteiger partial charge on any atom is -0.446 e. The molecule has 1 amide bonds. The molecule has 1 atom stereocenters. The summed E-state index contributed by atoms with van der Waals surface area (Å²) < 4.78 is 6.87. The standard InChI is InChI=1S/C17H15BrN2O2/c1-11-6-8-13(9-7-11)17-20(12(2)21)19-16(22-17)14-4-3-5-15(18)10-14/h3-10,17H,1-2H3/t17-/m0/s1. The van der Waals surface area contributed by atoms with E-state index in [9.17, 15) is 4.79 Å². The van der Waals surface area contributed by atoms with Gasteiger partial charge in [0, 0.05) is 22.5 Å². The summed E-state index contributed by atoms with van der Waals surface area (Å²) in [5.74, 6) is 0.289. The van der Waals surface area contributed by atoms with Gasteiger partial charge < -0.3 is 4.74 Å². The van der Waals surface area contributed by atoms with E-state index in [1.54, 1.807) is 0 Å². The van der Waals surface area contributed by atoms with E-state index >= 15 is 0 Å². The molecule has 0 aromatic heterocycles. The number of rotatable bonds is 2. The van der Waals surface area contributed by atoms with Crippen LogP contribution in [0, 0.1) is 6.92 Å². The Morgan fingerprint density at radius 3 is 2.59 bits per heavy atom. The zero-order chi connectivity index (χ0) is 15.7. The van der Waals surface area contributed by atoms with Crippen LogP contribution in [0.25, 0.3) is 0 Å². The lowest BCUT2D eigenvalue weighted by Crippen LogP contribution is -2.25. The van der Waals surface area contributed by atoms with Crippen molar-refractivity contribution in [3.05, 3.63) is 69.7 Å². The number of nitrogens with zero attached hydrogens (tertiary/aromatic N) is 2. The fraction of sp³-hybridized carbons (Fsp3) is 0.176. The Bertz CT molecular complexity index is 741. The van der Waals surface area contributed by atoms with E-state index in [1.165, 1.54) is 11.9 Å². The predicted molar refractivity (Wildman–Crippen MR) is 88.2 cm³/mol. The van der Waals surface area contributed by atoms with Crippen molar-refractivity contribution in [1.29, 1.82) is 0 Å². The lowest BCUT2D eigenvalue weighted by Gasteiger charge is -2.19. The molecule has 0 bridgehead atoms. The number of hydrogen-bond donors (Lipinski definition) is 0. The second-order valence-electron chi connectivity index (χ2n) is 5.16. The third kappa shape index (κ3) is 2.90. The molecule has 5 heteroatoms. The molecule has 4 nitrogen and oxygen atoms in total. The number of hydrogen-bond acceptors (Lipinski definition) is 3. The number of halogens is 1. The lowest BCUT2D eigenvalue weighted by atomic mass is 10.1. The van der Waals surface area contributed by atoms with E-state index < -0.39 is 6.23 Å². The van der Waals surface area contributed by atoms with Gasteiger partial charge in [-0.15, -0.1) is 5.10 Å². The number of carbonyl (C=O) groups is 1. The Morgan fingerprint density at radius 1 is 1.23 bits per heavy atom. The molecule has 0 unspecified atom stereocenters. The van der Waals surface area contributed by atoms with Crippen molar-refractivity contribution in [2.45, 2.75) is 20.1 Å². The third-order valence-corrected chi connectivity index (χ3v) is 3.89. The summed E-state index contributed by atoms with van der Waals surface area (Å²) >= 11 is 3.43. The van der Waals surface area contributed by atoms with Gasteiger partial charge in [-0.3, -0.25) is 4.79 Å². The van der Waals surface area contributed by atoms with Crippen LogP contribution in [0.3, 0.4) is 0 Å². The number of amides is 1. The quantitative estimate of drug-likeness (QED) is 0.814. The molecule has 0 saturated carbocycles. The Balaban J connectivity index is 1.94. The van der Waals surface area contributed by atoms with E-state index in [4.69, 9.17) is 4.74 Å². The first kappa shape index (κ1) is 14.8. The first-order chi connectivity index (χ1) is 10.5. The number of ether oxygens (including phenoxy) is 1. The fourth-order valence-electron chi connectivity index (χ4n) is 2.25. The monoisotopic (exact) mass is 358 g/mol. The molecule has 0 fully saturated rings. The molecular formula is C17H15BrN2O2. The van der Waals surface area contributed by atoms with Gasteiger partial charge in [0.15, 0.2) is 0 Å². The lowest BCUT2D eigenvalue weighted by molar-refractivity contribution is -0.135. The maximum Gasteiger partial charge on any atom is 0.243 e. The van der Waals surface area contributed by atoms with E-state index in [1.807, 2.05) is 55.5 Å². The summed E-state index contributed by atoms with van der Waals surface area (Å²) in [4.78, 5) is 11.9. The van der Waals surface area contributed by atoms with Crippen molar-refractivity contribution in [3.63, 3.8) is 0 Å². The molecule has 1 heterocycles. The average molecular weight is 359 g/mol. The molecule has 1 aliphatic heterocycles. The third-order valence-electron chi connectivity index (χ3n) is 3.40. The van der Waals surface area contributed by atoms with E-state index in [-0.39, 0.29) is 5.91 Å². The highest BCUT2D eigenvalue weighted by atomic mass is 79.9. The minimum atomic E-state index is -0.521. The number of hydrazone groups is 1. The van der Waals surface area contributed by atoms with E-state index in [0.717, 1.165) is 21.2 Å². The van der Waals surface area contributed by atoms with Crippen LogP contribution in [0.15, 0.2) is 58.1 Å². The molecule has 0 spiro atoms. The van der Waals surface area contributed by atoms with Crippen LogP contribution in [0.5, 0.6) is 0 Å². The van der Waals surface area contributed by atoms with Crippen LogP contribution in [0.4, 0.5) is 0 Å². The van der Waals surface area contributed by atoms with Gasteiger partial charge in [-0.2, -0.15) is 5.01 Å². The SMILES string of the molecule is CC(=O)N1N=C(c2cccc(Br)c2)O[C@H]1c1ccc(C)cc1. The maximum atomic E-state index is 11.9. The molecule has 2 aromatic rings. The summed E-state index contributed by atoms with van der Waals surface area (Å²) in [5, 5.41) is 5.71. The summed E-state index contributed by atoms with van der Waals surface area (Å²) in [6, 6.07) is 15.5. The summed E-state index contributed by atoms with van der Waals surface area (Å²) in [5.41, 5.74) is 2.88. The van der Waals surface area contributed by atoms with Crippen LogP contribution in [0.1, 0.15) is 29.8 Å². The molecule has 22 heavy (non-hydrogen) atoms. The summed E-state index contributed by atoms with van der Waals surface area (Å²) in [7, 11) is 0. The molecule has 112 valence electrons. The zero-order valence-corrected chi connectivity index (χ0v) is 13.9. The van der Waals surface area contributed by atoms with Crippen LogP contribution in [-0.4, -0.2) is 16.8 Å². The zero-order valence-electron chi connectivity index (χ0n) is 12.3. The van der Waals surface area contributed by atoms with Crippen LogP contribution < -0.4 is 0 Å². The minimum absolute atomic E-state index is 0.157. The molecule has 2 aromatic carbocycles. The Labute approximate surface area is 137 Å². The average Bonchev–Trinajstić information content (AvgIpc) is 2.93. The molecule has 0 saturated heterocycles. The Kier molecular flexibility index (Phi) is 3.98. The van der Waals surface area contributed by atoms with E-state index in [0.29, 0.717) is 5.90 Å². The Morgan fingerprint density at radius 2 is 1.95 bits per heavy atom. The maximum absolute atomic E-state index is 11.9. The van der Waals surface area contributed by atoms with Gasteiger partial charge in [0.2, 0.25) is 18.0 Å². The second-order valence-corrected chi connectivity index (χ2v) is 6.08. The first-order valence-corrected chi connectivity index (χ1v) is 7.71. The summed E-state index contributed by atoms with van der Waals surface area (Å²) in [6.45, 7) is 3.50. The van der Waals surface area contributed by atoms with E-state index in [2.05, 4.69) is 21.0 Å². The van der Waals surface area contributed by atoms with Crippen molar-refractivity contribution in [2.75, 3.05) is 0 Å². The van der Waals surface area contributed by atoms with Gasteiger partial charge in [0.1, 0.15) is 0 Å². The van der Waals surface area contributed by atoms with Crippen molar-refractivity contribution in [1.82, 2.24) is 5.01 Å². The number of benzene rings is 2. The fourth-order valence-corrected chi connectivity index (χ4v) is 2.65. The largest absolute Gasteiger partial charge is 0.446 e. The molecule has 0 aliphatic carbocycles. The van der Waals surface area contributed by atoms with Crippen molar-refractivity contribution >= 4 is 27.7 Å². The van der Waals surface area contributed by atoms with Gasteiger partial charge in [-0.25, -0.2) is 0 Å².